The Morgan fingerprint density at radius 1 is 1.43 bits per heavy atom. The monoisotopic (exact) mass is 207 g/mol. The van der Waals surface area contributed by atoms with Crippen LogP contribution in [0.25, 0.3) is 11.0 Å². The van der Waals surface area contributed by atoms with Crippen molar-refractivity contribution in [1.82, 2.24) is 5.16 Å². The minimum atomic E-state index is 0.804. The summed E-state index contributed by atoms with van der Waals surface area (Å²) in [5.41, 5.74) is 3.21. The zero-order chi connectivity index (χ0) is 9.97. The average molecular weight is 207 g/mol. The van der Waals surface area contributed by atoms with Gasteiger partial charge in [-0.3, -0.25) is 0 Å². The van der Waals surface area contributed by atoms with Crippen molar-refractivity contribution in [3.8, 4) is 0 Å². The van der Waals surface area contributed by atoms with Gasteiger partial charge in [0.15, 0.2) is 5.58 Å². The SMILES string of the molecule is CCc1ccc2onc(CCS)c2c1. The Morgan fingerprint density at radius 2 is 2.29 bits per heavy atom. The Balaban J connectivity index is 2.52. The lowest BCUT2D eigenvalue weighted by Gasteiger charge is -1.96. The van der Waals surface area contributed by atoms with E-state index < -0.39 is 0 Å². The first-order chi connectivity index (χ1) is 6.85. The molecule has 2 aromatic rings. The first-order valence-electron chi connectivity index (χ1n) is 4.83. The van der Waals surface area contributed by atoms with Gasteiger partial charge in [-0.2, -0.15) is 12.6 Å². The molecule has 0 spiro atoms. The molecule has 0 atom stereocenters. The smallest absolute Gasteiger partial charge is 0.167 e. The third kappa shape index (κ3) is 1.64. The van der Waals surface area contributed by atoms with Crippen LogP contribution in [-0.2, 0) is 12.8 Å². The van der Waals surface area contributed by atoms with Crippen LogP contribution in [-0.4, -0.2) is 10.9 Å². The summed E-state index contributed by atoms with van der Waals surface area (Å²) in [5.74, 6) is 0.804. The van der Waals surface area contributed by atoms with Gasteiger partial charge in [0, 0.05) is 11.8 Å². The zero-order valence-corrected chi connectivity index (χ0v) is 9.05. The topological polar surface area (TPSA) is 26.0 Å². The molecule has 2 rings (SSSR count). The van der Waals surface area contributed by atoms with Crippen LogP contribution in [0.1, 0.15) is 18.2 Å². The van der Waals surface area contributed by atoms with E-state index in [0.717, 1.165) is 35.3 Å². The molecule has 0 saturated carbocycles. The number of fused-ring (bicyclic) bond motifs is 1. The summed E-state index contributed by atoms with van der Waals surface area (Å²) in [6.07, 6.45) is 1.91. The fourth-order valence-corrected chi connectivity index (χ4v) is 1.75. The minimum Gasteiger partial charge on any atom is -0.356 e. The highest BCUT2D eigenvalue weighted by atomic mass is 32.1. The second-order valence-corrected chi connectivity index (χ2v) is 3.73. The van der Waals surface area contributed by atoms with Crippen molar-refractivity contribution in [3.05, 3.63) is 29.5 Å². The molecular formula is C11H13NOS. The van der Waals surface area contributed by atoms with Gasteiger partial charge >= 0.3 is 0 Å². The molecule has 0 bridgehead atoms. The zero-order valence-electron chi connectivity index (χ0n) is 8.16. The van der Waals surface area contributed by atoms with Crippen LogP contribution in [0.15, 0.2) is 22.7 Å². The Labute approximate surface area is 88.7 Å². The summed E-state index contributed by atoms with van der Waals surface area (Å²) < 4.78 is 5.22. The number of hydrogen-bond donors (Lipinski definition) is 1. The Bertz CT molecular complexity index is 436. The van der Waals surface area contributed by atoms with Crippen molar-refractivity contribution >= 4 is 23.6 Å². The number of thiol groups is 1. The second-order valence-electron chi connectivity index (χ2n) is 3.29. The summed E-state index contributed by atoms with van der Waals surface area (Å²) >= 11 is 4.20. The molecule has 14 heavy (non-hydrogen) atoms. The van der Waals surface area contributed by atoms with Crippen LogP contribution in [0, 0.1) is 0 Å². The van der Waals surface area contributed by atoms with E-state index in [2.05, 4.69) is 36.8 Å². The molecule has 1 heterocycles. The number of aromatic nitrogens is 1. The van der Waals surface area contributed by atoms with E-state index in [1.54, 1.807) is 0 Å². The Kier molecular flexibility index (Phi) is 2.77. The molecule has 2 nitrogen and oxygen atoms in total. The van der Waals surface area contributed by atoms with E-state index in [1.165, 1.54) is 5.56 Å². The number of benzene rings is 1. The van der Waals surface area contributed by atoms with Gasteiger partial charge < -0.3 is 4.52 Å². The highest BCUT2D eigenvalue weighted by Crippen LogP contribution is 2.20. The molecule has 0 aliphatic heterocycles. The van der Waals surface area contributed by atoms with Crippen LogP contribution >= 0.6 is 12.6 Å². The van der Waals surface area contributed by atoms with Crippen molar-refractivity contribution < 1.29 is 4.52 Å². The molecule has 3 heteroatoms. The molecule has 0 radical (unpaired) electrons. The van der Waals surface area contributed by atoms with Crippen LogP contribution in [0.3, 0.4) is 0 Å². The van der Waals surface area contributed by atoms with Gasteiger partial charge in [0.05, 0.1) is 5.69 Å². The van der Waals surface area contributed by atoms with Crippen molar-refractivity contribution in [2.45, 2.75) is 19.8 Å². The molecule has 0 N–H and O–H groups in total. The van der Waals surface area contributed by atoms with Crippen molar-refractivity contribution in [2.75, 3.05) is 5.75 Å². The van der Waals surface area contributed by atoms with Crippen molar-refractivity contribution in [1.29, 1.82) is 0 Å². The molecule has 1 aromatic heterocycles. The first-order valence-corrected chi connectivity index (χ1v) is 5.46. The van der Waals surface area contributed by atoms with Crippen LogP contribution in [0.4, 0.5) is 0 Å². The molecule has 0 unspecified atom stereocenters. The lowest BCUT2D eigenvalue weighted by Crippen LogP contribution is -1.87. The fraction of sp³-hybridized carbons (Fsp3) is 0.364. The summed E-state index contributed by atoms with van der Waals surface area (Å²) in [7, 11) is 0. The molecule has 0 saturated heterocycles. The molecular weight excluding hydrogens is 194 g/mol. The highest BCUT2D eigenvalue weighted by molar-refractivity contribution is 7.80. The summed E-state index contributed by atoms with van der Waals surface area (Å²) in [5, 5.41) is 5.17. The Morgan fingerprint density at radius 3 is 3.00 bits per heavy atom. The van der Waals surface area contributed by atoms with Crippen LogP contribution in [0.2, 0.25) is 0 Å². The molecule has 1 aromatic carbocycles. The van der Waals surface area contributed by atoms with E-state index in [0.29, 0.717) is 0 Å². The minimum absolute atomic E-state index is 0.804. The third-order valence-corrected chi connectivity index (χ3v) is 2.59. The summed E-state index contributed by atoms with van der Waals surface area (Å²) in [4.78, 5) is 0. The van der Waals surface area contributed by atoms with Crippen LogP contribution < -0.4 is 0 Å². The predicted molar refractivity (Wildman–Crippen MR) is 60.9 cm³/mol. The van der Waals surface area contributed by atoms with Gasteiger partial charge in [0.2, 0.25) is 0 Å². The van der Waals surface area contributed by atoms with Gasteiger partial charge in [-0.1, -0.05) is 18.1 Å². The van der Waals surface area contributed by atoms with E-state index in [9.17, 15) is 0 Å². The highest BCUT2D eigenvalue weighted by Gasteiger charge is 2.07. The predicted octanol–water partition coefficient (Wildman–Crippen LogP) is 2.86. The van der Waals surface area contributed by atoms with Crippen LogP contribution in [0.5, 0.6) is 0 Å². The third-order valence-electron chi connectivity index (χ3n) is 2.37. The quantitative estimate of drug-likeness (QED) is 0.783. The van der Waals surface area contributed by atoms with Gasteiger partial charge in [-0.25, -0.2) is 0 Å². The van der Waals surface area contributed by atoms with Gasteiger partial charge in [-0.05, 0) is 29.9 Å². The van der Waals surface area contributed by atoms with Gasteiger partial charge in [-0.15, -0.1) is 0 Å². The lowest BCUT2D eigenvalue weighted by molar-refractivity contribution is 0.447. The maximum atomic E-state index is 5.22. The molecule has 74 valence electrons. The maximum absolute atomic E-state index is 5.22. The normalized spacial score (nSPS) is 11.0. The van der Waals surface area contributed by atoms with Gasteiger partial charge in [0.25, 0.3) is 0 Å². The second kappa shape index (κ2) is 4.05. The number of rotatable bonds is 3. The standard InChI is InChI=1S/C11H13NOS/c1-2-8-3-4-11-9(7-8)10(5-6-14)12-13-11/h3-4,7,14H,2,5-6H2,1H3. The maximum Gasteiger partial charge on any atom is 0.167 e. The molecule has 0 amide bonds. The van der Waals surface area contributed by atoms with Gasteiger partial charge in [0.1, 0.15) is 0 Å². The molecule has 0 aliphatic rings. The Hall–Kier alpha value is -0.960. The van der Waals surface area contributed by atoms with E-state index >= 15 is 0 Å². The summed E-state index contributed by atoms with van der Waals surface area (Å²) in [6.45, 7) is 2.15. The largest absolute Gasteiger partial charge is 0.356 e. The molecule has 0 fully saturated rings. The first kappa shape index (κ1) is 9.59. The fourth-order valence-electron chi connectivity index (χ4n) is 1.54. The van der Waals surface area contributed by atoms with Crippen molar-refractivity contribution in [2.24, 2.45) is 0 Å². The van der Waals surface area contributed by atoms with Crippen molar-refractivity contribution in [3.63, 3.8) is 0 Å². The van der Waals surface area contributed by atoms with E-state index in [1.807, 2.05) is 6.07 Å². The lowest BCUT2D eigenvalue weighted by atomic mass is 10.1. The van der Waals surface area contributed by atoms with E-state index in [4.69, 9.17) is 4.52 Å². The summed E-state index contributed by atoms with van der Waals surface area (Å²) in [6, 6.07) is 6.23. The number of aryl methyl sites for hydroxylation is 2. The van der Waals surface area contributed by atoms with E-state index in [-0.39, 0.29) is 0 Å². The number of nitrogens with zero attached hydrogens (tertiary/aromatic N) is 1. The molecule has 0 aliphatic carbocycles. The number of hydrogen-bond acceptors (Lipinski definition) is 3. The average Bonchev–Trinajstić information content (AvgIpc) is 2.61.